The third-order valence-electron chi connectivity index (χ3n) is 5.62. The van der Waals surface area contributed by atoms with E-state index in [1.54, 1.807) is 12.5 Å². The summed E-state index contributed by atoms with van der Waals surface area (Å²) in [6.07, 6.45) is 9.11. The second-order valence-electron chi connectivity index (χ2n) is 7.65. The van der Waals surface area contributed by atoms with Gasteiger partial charge < -0.3 is 9.64 Å². The third-order valence-corrected chi connectivity index (χ3v) is 5.62. The maximum atomic E-state index is 5.80. The molecule has 0 fully saturated rings. The summed E-state index contributed by atoms with van der Waals surface area (Å²) in [7, 11) is 0. The van der Waals surface area contributed by atoms with E-state index in [4.69, 9.17) is 9.72 Å². The summed E-state index contributed by atoms with van der Waals surface area (Å²) < 4.78 is 9.71. The smallest absolute Gasteiger partial charge is 0.237 e. The summed E-state index contributed by atoms with van der Waals surface area (Å²) in [6, 6.07) is 10.1. The molecule has 0 radical (unpaired) electrons. The first-order chi connectivity index (χ1) is 15.8. The van der Waals surface area contributed by atoms with E-state index in [-0.39, 0.29) is 6.04 Å². The van der Waals surface area contributed by atoms with E-state index < -0.39 is 0 Å². The fourth-order valence-corrected chi connectivity index (χ4v) is 4.14. The van der Waals surface area contributed by atoms with Crippen molar-refractivity contribution in [1.29, 1.82) is 0 Å². The average molecular weight is 431 g/mol. The van der Waals surface area contributed by atoms with Crippen molar-refractivity contribution in [2.24, 2.45) is 0 Å². The topological polar surface area (TPSA) is 86.8 Å². The molecule has 0 aliphatic carbocycles. The third kappa shape index (κ3) is 3.54. The summed E-state index contributed by atoms with van der Waals surface area (Å²) in [5.74, 6) is 3.13. The van der Waals surface area contributed by atoms with Crippen LogP contribution in [0.1, 0.15) is 38.6 Å². The van der Waals surface area contributed by atoms with E-state index in [1.807, 2.05) is 51.9 Å². The first kappa shape index (κ1) is 20.3. The number of hydrogen-bond donors (Lipinski definition) is 0. The Bertz CT molecular complexity index is 1190. The highest BCUT2D eigenvalue weighted by molar-refractivity contribution is 5.63. The van der Waals surface area contributed by atoms with Crippen molar-refractivity contribution in [3.63, 3.8) is 0 Å². The molecule has 1 atom stereocenters. The lowest BCUT2D eigenvalue weighted by atomic mass is 10.1. The lowest BCUT2D eigenvalue weighted by Crippen LogP contribution is -2.38. The van der Waals surface area contributed by atoms with Crippen LogP contribution in [0.15, 0.2) is 55.2 Å². The van der Waals surface area contributed by atoms with E-state index in [2.05, 4.69) is 38.9 Å². The largest absolute Gasteiger partial charge is 0.380 e. The van der Waals surface area contributed by atoms with Crippen LogP contribution >= 0.6 is 0 Å². The summed E-state index contributed by atoms with van der Waals surface area (Å²) in [5.41, 5.74) is 1.88. The molecule has 0 saturated heterocycles. The van der Waals surface area contributed by atoms with Crippen LogP contribution in [-0.4, -0.2) is 54.0 Å². The van der Waals surface area contributed by atoms with E-state index in [0.29, 0.717) is 19.1 Å². The molecule has 0 amide bonds. The van der Waals surface area contributed by atoms with Crippen LogP contribution in [0.25, 0.3) is 23.0 Å². The van der Waals surface area contributed by atoms with Crippen molar-refractivity contribution in [3.8, 4) is 23.0 Å². The van der Waals surface area contributed by atoms with Gasteiger partial charge in [-0.25, -0.2) is 9.97 Å². The molecule has 1 aromatic carbocycles. The van der Waals surface area contributed by atoms with Gasteiger partial charge in [0, 0.05) is 31.1 Å². The molecule has 9 heteroatoms. The van der Waals surface area contributed by atoms with Crippen LogP contribution in [0.2, 0.25) is 0 Å². The number of ether oxygens (including phenoxy) is 1. The van der Waals surface area contributed by atoms with Gasteiger partial charge in [-0.2, -0.15) is 4.98 Å². The van der Waals surface area contributed by atoms with Crippen molar-refractivity contribution in [3.05, 3.63) is 61.1 Å². The number of rotatable bonds is 8. The molecule has 5 rings (SSSR count). The Morgan fingerprint density at radius 3 is 2.72 bits per heavy atom. The van der Waals surface area contributed by atoms with Gasteiger partial charge in [-0.05, 0) is 12.8 Å². The van der Waals surface area contributed by atoms with Crippen LogP contribution in [0.3, 0.4) is 0 Å². The molecule has 1 aliphatic rings. The van der Waals surface area contributed by atoms with Gasteiger partial charge in [0.25, 0.3) is 0 Å². The van der Waals surface area contributed by atoms with Gasteiger partial charge in [-0.15, -0.1) is 10.2 Å². The molecule has 3 aromatic heterocycles. The SMILES string of the molecule is CCCOCCN1c2nc(-n3ccnc3-c3ccccc3)ncc2-n2cnnc2[C@H]1CC. The van der Waals surface area contributed by atoms with Gasteiger partial charge in [-0.1, -0.05) is 44.2 Å². The lowest BCUT2D eigenvalue weighted by molar-refractivity contribution is 0.139. The van der Waals surface area contributed by atoms with Crippen LogP contribution in [0.4, 0.5) is 5.82 Å². The van der Waals surface area contributed by atoms with Gasteiger partial charge >= 0.3 is 0 Å². The number of hydrogen-bond acceptors (Lipinski definition) is 7. The molecule has 4 heterocycles. The number of imidazole rings is 1. The Kier molecular flexibility index (Phi) is 5.64. The van der Waals surface area contributed by atoms with Crippen molar-refractivity contribution >= 4 is 5.82 Å². The molecule has 0 bridgehead atoms. The van der Waals surface area contributed by atoms with E-state index >= 15 is 0 Å². The molecule has 0 spiro atoms. The maximum absolute atomic E-state index is 5.80. The van der Waals surface area contributed by atoms with Crippen LogP contribution in [0, 0.1) is 0 Å². The van der Waals surface area contributed by atoms with E-state index in [9.17, 15) is 0 Å². The summed E-state index contributed by atoms with van der Waals surface area (Å²) in [4.78, 5) is 16.5. The Balaban J connectivity index is 1.57. The Morgan fingerprint density at radius 1 is 1.03 bits per heavy atom. The molecule has 0 saturated carbocycles. The average Bonchev–Trinajstić information content (AvgIpc) is 3.52. The van der Waals surface area contributed by atoms with E-state index in [0.717, 1.165) is 48.2 Å². The van der Waals surface area contributed by atoms with Crippen LogP contribution in [0.5, 0.6) is 0 Å². The minimum absolute atomic E-state index is 0.0642. The molecule has 0 N–H and O–H groups in total. The summed E-state index contributed by atoms with van der Waals surface area (Å²) in [6.45, 7) is 6.35. The van der Waals surface area contributed by atoms with Crippen LogP contribution < -0.4 is 4.90 Å². The van der Waals surface area contributed by atoms with Crippen molar-refractivity contribution in [2.45, 2.75) is 32.7 Å². The molecular formula is C23H26N8O. The molecule has 164 valence electrons. The van der Waals surface area contributed by atoms with Gasteiger partial charge in [-0.3, -0.25) is 9.13 Å². The zero-order valence-corrected chi connectivity index (χ0v) is 18.3. The minimum Gasteiger partial charge on any atom is -0.380 e. The van der Waals surface area contributed by atoms with E-state index in [1.165, 1.54) is 0 Å². The quantitative estimate of drug-likeness (QED) is 0.395. The summed E-state index contributed by atoms with van der Waals surface area (Å²) >= 11 is 0. The van der Waals surface area contributed by atoms with Gasteiger partial charge in [0.05, 0.1) is 18.8 Å². The molecule has 4 aromatic rings. The fraction of sp³-hybridized carbons (Fsp3) is 0.348. The molecule has 32 heavy (non-hydrogen) atoms. The van der Waals surface area contributed by atoms with Crippen molar-refractivity contribution < 1.29 is 4.74 Å². The first-order valence-electron chi connectivity index (χ1n) is 11.0. The maximum Gasteiger partial charge on any atom is 0.237 e. The normalized spacial score (nSPS) is 14.9. The highest BCUT2D eigenvalue weighted by Gasteiger charge is 2.33. The zero-order valence-electron chi connectivity index (χ0n) is 18.3. The second kappa shape index (κ2) is 8.88. The highest BCUT2D eigenvalue weighted by atomic mass is 16.5. The first-order valence-corrected chi connectivity index (χ1v) is 11.0. The molecule has 0 unspecified atom stereocenters. The predicted molar refractivity (Wildman–Crippen MR) is 121 cm³/mol. The molecular weight excluding hydrogens is 404 g/mol. The predicted octanol–water partition coefficient (Wildman–Crippen LogP) is 3.61. The number of anilines is 1. The standard InChI is InChI=1S/C23H26N8O/c1-3-13-32-14-12-29-18(4-2)22-28-26-16-31(22)19-15-25-23(27-21(19)29)30-11-10-24-20(30)17-8-6-5-7-9-17/h5-11,15-16,18H,3-4,12-14H2,1-2H3/t18-/m1/s1. The molecule has 9 nitrogen and oxygen atoms in total. The Labute approximate surface area is 186 Å². The van der Waals surface area contributed by atoms with Crippen LogP contribution in [-0.2, 0) is 4.74 Å². The molecule has 1 aliphatic heterocycles. The lowest BCUT2D eigenvalue weighted by Gasteiger charge is -2.36. The zero-order chi connectivity index (χ0) is 21.9. The number of nitrogens with zero attached hydrogens (tertiary/aromatic N) is 8. The van der Waals surface area contributed by atoms with Gasteiger partial charge in [0.15, 0.2) is 11.6 Å². The number of fused-ring (bicyclic) bond motifs is 3. The summed E-state index contributed by atoms with van der Waals surface area (Å²) in [5, 5.41) is 8.54. The van der Waals surface area contributed by atoms with Gasteiger partial charge in [0.2, 0.25) is 5.95 Å². The fourth-order valence-electron chi connectivity index (χ4n) is 4.14. The Hall–Kier alpha value is -3.59. The van der Waals surface area contributed by atoms with Gasteiger partial charge in [0.1, 0.15) is 17.8 Å². The Morgan fingerprint density at radius 2 is 1.91 bits per heavy atom. The number of benzene rings is 1. The minimum atomic E-state index is 0.0642. The monoisotopic (exact) mass is 430 g/mol. The number of aromatic nitrogens is 7. The highest BCUT2D eigenvalue weighted by Crippen LogP contribution is 2.37. The van der Waals surface area contributed by atoms with Crippen molar-refractivity contribution in [1.82, 2.24) is 34.3 Å². The van der Waals surface area contributed by atoms with Crippen molar-refractivity contribution in [2.75, 3.05) is 24.7 Å². The second-order valence-corrected chi connectivity index (χ2v) is 7.65.